The number of sulfonamides is 1. The molecule has 3 aromatic rings. The molecule has 1 aromatic carbocycles. The lowest BCUT2D eigenvalue weighted by Gasteiger charge is -2.16. The molecule has 0 bridgehead atoms. The highest BCUT2D eigenvalue weighted by molar-refractivity contribution is 7.89. The molecule has 0 spiro atoms. The molecule has 3 rings (SSSR count). The summed E-state index contributed by atoms with van der Waals surface area (Å²) >= 11 is 1.49. The van der Waals surface area contributed by atoms with Gasteiger partial charge in [0.2, 0.25) is 10.0 Å². The smallest absolute Gasteiger partial charge is 0.244 e. The molecule has 2 heterocycles. The maximum absolute atomic E-state index is 12.7. The highest BCUT2D eigenvalue weighted by Gasteiger charge is 2.25. The Balaban J connectivity index is 1.90. The lowest BCUT2D eigenvalue weighted by atomic mass is 10.3. The van der Waals surface area contributed by atoms with E-state index in [1.165, 1.54) is 15.6 Å². The molecule has 0 aliphatic carbocycles. The first-order valence-corrected chi connectivity index (χ1v) is 9.37. The van der Waals surface area contributed by atoms with Crippen LogP contribution in [0, 0.1) is 13.8 Å². The minimum Gasteiger partial charge on any atom is -0.253 e. The van der Waals surface area contributed by atoms with Crippen molar-refractivity contribution in [3.8, 4) is 0 Å². The Hall–Kier alpha value is -1.83. The second kappa shape index (κ2) is 5.99. The van der Waals surface area contributed by atoms with Gasteiger partial charge in [0.15, 0.2) is 0 Å². The van der Waals surface area contributed by atoms with Crippen LogP contribution >= 0.6 is 11.3 Å². The van der Waals surface area contributed by atoms with Crippen molar-refractivity contribution in [3.63, 3.8) is 0 Å². The molecule has 0 saturated heterocycles. The van der Waals surface area contributed by atoms with Gasteiger partial charge in [-0.15, -0.1) is 11.3 Å². The highest BCUT2D eigenvalue weighted by Crippen LogP contribution is 2.27. The second-order valence-corrected chi connectivity index (χ2v) is 8.86. The Kier molecular flexibility index (Phi) is 4.18. The molecule has 2 aromatic heterocycles. The summed E-state index contributed by atoms with van der Waals surface area (Å²) in [7, 11) is -1.96. The third-order valence-corrected chi connectivity index (χ3v) is 6.59. The van der Waals surface area contributed by atoms with Crippen molar-refractivity contribution in [2.24, 2.45) is 0 Å². The molecule has 5 nitrogen and oxygen atoms in total. The van der Waals surface area contributed by atoms with E-state index >= 15 is 0 Å². The molecule has 23 heavy (non-hydrogen) atoms. The zero-order valence-corrected chi connectivity index (χ0v) is 14.8. The van der Waals surface area contributed by atoms with Crippen LogP contribution in [0.5, 0.6) is 0 Å². The quantitative estimate of drug-likeness (QED) is 0.727. The molecular formula is C16H17N3O2S2. The summed E-state index contributed by atoms with van der Waals surface area (Å²) in [6.45, 7) is 3.92. The fraction of sp³-hybridized carbons (Fsp3) is 0.250. The van der Waals surface area contributed by atoms with Crippen LogP contribution in [0.2, 0.25) is 0 Å². The maximum atomic E-state index is 12.7. The monoisotopic (exact) mass is 347 g/mol. The van der Waals surface area contributed by atoms with E-state index in [1.54, 1.807) is 19.3 Å². The number of fused-ring (bicyclic) bond motifs is 1. The topological polar surface area (TPSA) is 63.2 Å². The summed E-state index contributed by atoms with van der Waals surface area (Å²) in [5, 5.41) is 0. The summed E-state index contributed by atoms with van der Waals surface area (Å²) < 4.78 is 26.8. The van der Waals surface area contributed by atoms with Crippen LogP contribution in [-0.4, -0.2) is 29.7 Å². The predicted octanol–water partition coefficient (Wildman–Crippen LogP) is 3.13. The van der Waals surface area contributed by atoms with Crippen LogP contribution < -0.4 is 0 Å². The minimum atomic E-state index is -3.52. The molecule has 0 amide bonds. The van der Waals surface area contributed by atoms with Gasteiger partial charge in [-0.05, 0) is 32.0 Å². The van der Waals surface area contributed by atoms with Gasteiger partial charge < -0.3 is 0 Å². The van der Waals surface area contributed by atoms with E-state index in [2.05, 4.69) is 9.97 Å². The fourth-order valence-corrected chi connectivity index (χ4v) is 5.08. The van der Waals surface area contributed by atoms with Gasteiger partial charge in [-0.2, -0.15) is 4.31 Å². The summed E-state index contributed by atoms with van der Waals surface area (Å²) in [5.74, 6) is 0. The third kappa shape index (κ3) is 3.12. The number of aromatic nitrogens is 2. The van der Waals surface area contributed by atoms with E-state index < -0.39 is 10.0 Å². The van der Waals surface area contributed by atoms with Crippen molar-refractivity contribution in [2.45, 2.75) is 25.3 Å². The lowest BCUT2D eigenvalue weighted by Crippen LogP contribution is -2.27. The Labute approximate surface area is 139 Å². The van der Waals surface area contributed by atoms with Gasteiger partial charge in [0, 0.05) is 16.8 Å². The number of para-hydroxylation sites is 2. The number of thiophene rings is 1. The van der Waals surface area contributed by atoms with Crippen LogP contribution in [-0.2, 0) is 16.6 Å². The molecular weight excluding hydrogens is 330 g/mol. The highest BCUT2D eigenvalue weighted by atomic mass is 32.2. The van der Waals surface area contributed by atoms with E-state index in [0.717, 1.165) is 20.8 Å². The molecule has 0 N–H and O–H groups in total. The van der Waals surface area contributed by atoms with Gasteiger partial charge in [-0.3, -0.25) is 4.98 Å². The molecule has 0 aliphatic heterocycles. The van der Waals surface area contributed by atoms with Gasteiger partial charge >= 0.3 is 0 Å². The van der Waals surface area contributed by atoms with Crippen molar-refractivity contribution < 1.29 is 8.42 Å². The lowest BCUT2D eigenvalue weighted by molar-refractivity contribution is 0.462. The summed E-state index contributed by atoms with van der Waals surface area (Å²) in [4.78, 5) is 11.0. The van der Waals surface area contributed by atoms with Crippen LogP contribution in [0.4, 0.5) is 0 Å². The standard InChI is InChI=1S/C16H17N3O2S2/c1-11-8-16(12(2)22-11)23(20,21)19(3)10-13-9-17-14-6-4-5-7-15(14)18-13/h4-9H,10H2,1-3H3. The molecule has 0 atom stereocenters. The fourth-order valence-electron chi connectivity index (χ4n) is 2.42. The van der Waals surface area contributed by atoms with Crippen LogP contribution in [0.25, 0.3) is 11.0 Å². The zero-order chi connectivity index (χ0) is 16.6. The molecule has 7 heteroatoms. The van der Waals surface area contributed by atoms with Gasteiger partial charge in [-0.1, -0.05) is 12.1 Å². The number of rotatable bonds is 4. The first-order valence-electron chi connectivity index (χ1n) is 7.12. The molecule has 0 aliphatic rings. The molecule has 0 fully saturated rings. The summed E-state index contributed by atoms with van der Waals surface area (Å²) in [5.41, 5.74) is 2.18. The first kappa shape index (κ1) is 16.0. The molecule has 0 radical (unpaired) electrons. The van der Waals surface area contributed by atoms with E-state index in [4.69, 9.17) is 0 Å². The summed E-state index contributed by atoms with van der Waals surface area (Å²) in [6, 6.07) is 9.25. The molecule has 120 valence electrons. The van der Waals surface area contributed by atoms with Crippen molar-refractivity contribution in [2.75, 3.05) is 7.05 Å². The SMILES string of the molecule is Cc1cc(S(=O)(=O)N(C)Cc2cnc3ccccc3n2)c(C)s1. The zero-order valence-electron chi connectivity index (χ0n) is 13.1. The van der Waals surface area contributed by atoms with Crippen LogP contribution in [0.1, 0.15) is 15.4 Å². The normalized spacial score (nSPS) is 12.2. The minimum absolute atomic E-state index is 0.189. The number of nitrogens with zero attached hydrogens (tertiary/aromatic N) is 3. The Morgan fingerprint density at radius 2 is 1.87 bits per heavy atom. The van der Waals surface area contributed by atoms with Crippen LogP contribution in [0.15, 0.2) is 41.4 Å². The number of hydrogen-bond acceptors (Lipinski definition) is 5. The van der Waals surface area contributed by atoms with Gasteiger partial charge in [-0.25, -0.2) is 13.4 Å². The maximum Gasteiger partial charge on any atom is 0.244 e. The first-order chi connectivity index (χ1) is 10.9. The van der Waals surface area contributed by atoms with Gasteiger partial charge in [0.05, 0.1) is 34.4 Å². The molecule has 0 saturated carbocycles. The van der Waals surface area contributed by atoms with E-state index in [0.29, 0.717) is 10.6 Å². The average Bonchev–Trinajstić information content (AvgIpc) is 2.86. The van der Waals surface area contributed by atoms with E-state index in [9.17, 15) is 8.42 Å². The van der Waals surface area contributed by atoms with Gasteiger partial charge in [0.1, 0.15) is 0 Å². The second-order valence-electron chi connectivity index (χ2n) is 5.39. The predicted molar refractivity (Wildman–Crippen MR) is 92.0 cm³/mol. The van der Waals surface area contributed by atoms with Crippen LogP contribution in [0.3, 0.4) is 0 Å². The van der Waals surface area contributed by atoms with Crippen molar-refractivity contribution >= 4 is 32.4 Å². The Bertz CT molecular complexity index is 964. The number of aryl methyl sites for hydroxylation is 2. The van der Waals surface area contributed by atoms with Crippen molar-refractivity contribution in [1.29, 1.82) is 0 Å². The summed E-state index contributed by atoms with van der Waals surface area (Å²) in [6.07, 6.45) is 1.63. The van der Waals surface area contributed by atoms with Gasteiger partial charge in [0.25, 0.3) is 0 Å². The van der Waals surface area contributed by atoms with E-state index in [-0.39, 0.29) is 6.54 Å². The Morgan fingerprint density at radius 1 is 1.17 bits per heavy atom. The third-order valence-electron chi connectivity index (χ3n) is 3.57. The number of hydrogen-bond donors (Lipinski definition) is 0. The van der Waals surface area contributed by atoms with Crippen molar-refractivity contribution in [1.82, 2.24) is 14.3 Å². The Morgan fingerprint density at radius 3 is 2.52 bits per heavy atom. The van der Waals surface area contributed by atoms with E-state index in [1.807, 2.05) is 38.1 Å². The van der Waals surface area contributed by atoms with Crippen molar-refractivity contribution in [3.05, 3.63) is 52.0 Å². The number of benzene rings is 1. The molecule has 0 unspecified atom stereocenters. The largest absolute Gasteiger partial charge is 0.253 e. The average molecular weight is 347 g/mol.